The van der Waals surface area contributed by atoms with E-state index in [-0.39, 0.29) is 0 Å². The van der Waals surface area contributed by atoms with Crippen LogP contribution in [0.2, 0.25) is 0 Å². The summed E-state index contributed by atoms with van der Waals surface area (Å²) in [6, 6.07) is 0. The Morgan fingerprint density at radius 3 is 2.48 bits per heavy atom. The van der Waals surface area contributed by atoms with Gasteiger partial charge in [0.25, 0.3) is 0 Å². The highest BCUT2D eigenvalue weighted by molar-refractivity contribution is 5.66. The first kappa shape index (κ1) is 17.4. The molecule has 0 aliphatic heterocycles. The predicted molar refractivity (Wildman–Crippen MR) is 92.2 cm³/mol. The Balaban J connectivity index is 2.84. The second-order valence-electron chi connectivity index (χ2n) is 6.52. The van der Waals surface area contributed by atoms with Crippen LogP contribution < -0.4 is 0 Å². The third-order valence-electron chi connectivity index (χ3n) is 4.18. The predicted octanol–water partition coefficient (Wildman–Crippen LogP) is 5.72. The molecule has 1 aliphatic carbocycles. The number of hydrogen-bond donors (Lipinski definition) is 0. The molecule has 114 valence electrons. The lowest BCUT2D eigenvalue weighted by molar-refractivity contribution is -0.104. The van der Waals surface area contributed by atoms with Gasteiger partial charge in [0.05, 0.1) is 0 Å². The zero-order valence-corrected chi connectivity index (χ0v) is 14.1. The molecule has 0 N–H and O–H groups in total. The van der Waals surface area contributed by atoms with Gasteiger partial charge in [0.1, 0.15) is 6.29 Å². The summed E-state index contributed by atoms with van der Waals surface area (Å²) < 4.78 is 0. The fourth-order valence-corrected chi connectivity index (χ4v) is 2.46. The molecule has 0 saturated heterocycles. The van der Waals surface area contributed by atoms with Gasteiger partial charge in [-0.15, -0.1) is 0 Å². The molecule has 0 aromatic carbocycles. The monoisotopic (exact) mass is 284 g/mol. The minimum atomic E-state index is 0.291. The van der Waals surface area contributed by atoms with Crippen LogP contribution in [0, 0.1) is 5.41 Å². The summed E-state index contributed by atoms with van der Waals surface area (Å²) in [6.45, 7) is 10.9. The van der Waals surface area contributed by atoms with Crippen molar-refractivity contribution in [3.63, 3.8) is 0 Å². The van der Waals surface area contributed by atoms with Crippen molar-refractivity contribution in [1.82, 2.24) is 0 Å². The molecule has 1 nitrogen and oxygen atoms in total. The lowest BCUT2D eigenvalue weighted by Gasteiger charge is -2.30. The van der Waals surface area contributed by atoms with Crippen molar-refractivity contribution in [2.24, 2.45) is 5.41 Å². The van der Waals surface area contributed by atoms with Crippen molar-refractivity contribution in [3.8, 4) is 0 Å². The van der Waals surface area contributed by atoms with Gasteiger partial charge in [0.15, 0.2) is 0 Å². The highest BCUT2D eigenvalue weighted by Crippen LogP contribution is 2.38. The highest BCUT2D eigenvalue weighted by atomic mass is 16.1. The van der Waals surface area contributed by atoms with Crippen LogP contribution in [-0.4, -0.2) is 6.29 Å². The molecule has 0 radical (unpaired) electrons. The van der Waals surface area contributed by atoms with Crippen LogP contribution in [0.1, 0.15) is 53.9 Å². The lowest BCUT2D eigenvalue weighted by atomic mass is 9.75. The SMILES string of the molecule is CC(/C=C\C=C(C)\C(C)=C\C1=CCCCC1(C)C)=C\C=O. The number of carbonyl (C=O) groups excluding carboxylic acids is 1. The summed E-state index contributed by atoms with van der Waals surface area (Å²) in [5.74, 6) is 0. The van der Waals surface area contributed by atoms with Gasteiger partial charge in [-0.05, 0) is 73.8 Å². The molecule has 0 atom stereocenters. The fourth-order valence-electron chi connectivity index (χ4n) is 2.46. The zero-order valence-electron chi connectivity index (χ0n) is 14.1. The maximum atomic E-state index is 10.4. The second kappa shape index (κ2) is 7.97. The van der Waals surface area contributed by atoms with E-state index in [0.29, 0.717) is 5.41 Å². The van der Waals surface area contributed by atoms with Gasteiger partial charge in [-0.25, -0.2) is 0 Å². The van der Waals surface area contributed by atoms with E-state index in [1.165, 1.54) is 36.0 Å². The third kappa shape index (κ3) is 5.71. The van der Waals surface area contributed by atoms with Crippen molar-refractivity contribution in [3.05, 3.63) is 58.7 Å². The fraction of sp³-hybridized carbons (Fsp3) is 0.450. The molecular weight excluding hydrogens is 256 g/mol. The van der Waals surface area contributed by atoms with E-state index in [1.54, 1.807) is 6.08 Å². The number of aldehydes is 1. The van der Waals surface area contributed by atoms with Gasteiger partial charge in [-0.1, -0.05) is 44.2 Å². The molecule has 0 heterocycles. The molecule has 1 heteroatoms. The van der Waals surface area contributed by atoms with E-state index in [4.69, 9.17) is 0 Å². The molecule has 0 amide bonds. The van der Waals surface area contributed by atoms with Crippen molar-refractivity contribution in [1.29, 1.82) is 0 Å². The van der Waals surface area contributed by atoms with Crippen molar-refractivity contribution in [2.45, 2.75) is 53.9 Å². The van der Waals surface area contributed by atoms with Gasteiger partial charge in [0, 0.05) is 0 Å². The van der Waals surface area contributed by atoms with Crippen LogP contribution in [0.25, 0.3) is 0 Å². The summed E-state index contributed by atoms with van der Waals surface area (Å²) in [5.41, 5.74) is 5.27. The van der Waals surface area contributed by atoms with Gasteiger partial charge in [-0.2, -0.15) is 0 Å². The van der Waals surface area contributed by atoms with E-state index in [1.807, 2.05) is 19.1 Å². The standard InChI is InChI=1S/C20H28O/c1-16(12-14-21)9-8-10-17(2)18(3)15-19-11-6-7-13-20(19,4)5/h8-12,14-15H,6-7,13H2,1-5H3/b9-8-,16-12+,17-10+,18-15+. The summed E-state index contributed by atoms with van der Waals surface area (Å²) >= 11 is 0. The Hall–Kier alpha value is -1.63. The van der Waals surface area contributed by atoms with E-state index in [9.17, 15) is 4.79 Å². The van der Waals surface area contributed by atoms with E-state index >= 15 is 0 Å². The Morgan fingerprint density at radius 2 is 1.86 bits per heavy atom. The molecule has 0 aromatic heterocycles. The van der Waals surface area contributed by atoms with Crippen LogP contribution >= 0.6 is 0 Å². The Morgan fingerprint density at radius 1 is 1.14 bits per heavy atom. The van der Waals surface area contributed by atoms with Crippen molar-refractivity contribution >= 4 is 6.29 Å². The van der Waals surface area contributed by atoms with Gasteiger partial charge in [-0.3, -0.25) is 4.79 Å². The van der Waals surface area contributed by atoms with E-state index < -0.39 is 0 Å². The Labute approximate surface area is 129 Å². The Kier molecular flexibility index (Phi) is 6.61. The molecule has 0 bridgehead atoms. The average Bonchev–Trinajstić information content (AvgIpc) is 2.41. The first-order valence-corrected chi connectivity index (χ1v) is 7.73. The largest absolute Gasteiger partial charge is 0.299 e. The summed E-state index contributed by atoms with van der Waals surface area (Å²) in [4.78, 5) is 10.4. The van der Waals surface area contributed by atoms with Crippen LogP contribution in [0.3, 0.4) is 0 Å². The average molecular weight is 284 g/mol. The van der Waals surface area contributed by atoms with E-state index in [0.717, 1.165) is 11.9 Å². The smallest absolute Gasteiger partial charge is 0.143 e. The summed E-state index contributed by atoms with van der Waals surface area (Å²) in [7, 11) is 0. The first-order valence-electron chi connectivity index (χ1n) is 7.73. The maximum Gasteiger partial charge on any atom is 0.143 e. The summed E-state index contributed by atoms with van der Waals surface area (Å²) in [5, 5.41) is 0. The van der Waals surface area contributed by atoms with Crippen molar-refractivity contribution < 1.29 is 4.79 Å². The lowest BCUT2D eigenvalue weighted by Crippen LogP contribution is -2.17. The number of allylic oxidation sites excluding steroid dienone is 10. The van der Waals surface area contributed by atoms with Gasteiger partial charge < -0.3 is 0 Å². The van der Waals surface area contributed by atoms with Crippen LogP contribution in [0.15, 0.2) is 58.7 Å². The summed E-state index contributed by atoms with van der Waals surface area (Å²) in [6.07, 6.45) is 16.9. The number of carbonyl (C=O) groups is 1. The van der Waals surface area contributed by atoms with Crippen LogP contribution in [0.4, 0.5) is 0 Å². The van der Waals surface area contributed by atoms with E-state index in [2.05, 4.69) is 45.9 Å². The topological polar surface area (TPSA) is 17.1 Å². The second-order valence-corrected chi connectivity index (χ2v) is 6.52. The quantitative estimate of drug-likeness (QED) is 0.358. The van der Waals surface area contributed by atoms with Crippen LogP contribution in [-0.2, 0) is 4.79 Å². The minimum absolute atomic E-state index is 0.291. The molecule has 1 rings (SSSR count). The Bertz CT molecular complexity index is 522. The van der Waals surface area contributed by atoms with Gasteiger partial charge >= 0.3 is 0 Å². The van der Waals surface area contributed by atoms with Crippen molar-refractivity contribution in [2.75, 3.05) is 0 Å². The first-order chi connectivity index (χ1) is 9.86. The third-order valence-corrected chi connectivity index (χ3v) is 4.18. The number of hydrogen-bond acceptors (Lipinski definition) is 1. The molecule has 0 fully saturated rings. The zero-order chi connectivity index (χ0) is 15.9. The molecule has 0 unspecified atom stereocenters. The molecule has 0 aromatic rings. The normalized spacial score (nSPS) is 20.6. The molecule has 21 heavy (non-hydrogen) atoms. The molecule has 0 spiro atoms. The molecular formula is C20H28O. The maximum absolute atomic E-state index is 10.4. The van der Waals surface area contributed by atoms with Gasteiger partial charge in [0.2, 0.25) is 0 Å². The van der Waals surface area contributed by atoms with Crippen LogP contribution in [0.5, 0.6) is 0 Å². The molecule has 1 aliphatic rings. The molecule has 0 saturated carbocycles. The number of rotatable bonds is 5. The highest BCUT2D eigenvalue weighted by Gasteiger charge is 2.23. The minimum Gasteiger partial charge on any atom is -0.299 e.